The van der Waals surface area contributed by atoms with Crippen LogP contribution in [0.25, 0.3) is 0 Å². The van der Waals surface area contributed by atoms with Crippen molar-refractivity contribution in [2.24, 2.45) is 0 Å². The first-order valence-corrected chi connectivity index (χ1v) is 16.9. The van der Waals surface area contributed by atoms with Gasteiger partial charge >= 0.3 is 0 Å². The van der Waals surface area contributed by atoms with Gasteiger partial charge < -0.3 is 10.2 Å². The number of amides is 2. The van der Waals surface area contributed by atoms with Crippen LogP contribution in [-0.2, 0) is 32.6 Å². The molecule has 0 aliphatic carbocycles. The number of nitrogens with zero attached hydrogens (tertiary/aromatic N) is 2. The minimum Gasteiger partial charge on any atom is -0.354 e. The Kier molecular flexibility index (Phi) is 11.5. The van der Waals surface area contributed by atoms with Crippen molar-refractivity contribution in [1.82, 2.24) is 10.2 Å². The van der Waals surface area contributed by atoms with Crippen LogP contribution in [0.4, 0.5) is 5.69 Å². The summed E-state index contributed by atoms with van der Waals surface area (Å²) in [5.74, 6) is -0.737. The lowest BCUT2D eigenvalue weighted by Crippen LogP contribution is -2.53. The molecular formula is C37H43N3O4S. The van der Waals surface area contributed by atoms with E-state index < -0.39 is 28.5 Å². The molecule has 0 aliphatic rings. The third-order valence-corrected chi connectivity index (χ3v) is 9.70. The summed E-state index contributed by atoms with van der Waals surface area (Å²) in [6.45, 7) is 7.99. The van der Waals surface area contributed by atoms with Crippen molar-refractivity contribution in [3.05, 3.63) is 131 Å². The average molecular weight is 626 g/mol. The van der Waals surface area contributed by atoms with Gasteiger partial charge in [-0.25, -0.2) is 8.42 Å². The van der Waals surface area contributed by atoms with Gasteiger partial charge in [-0.05, 0) is 68.1 Å². The van der Waals surface area contributed by atoms with Gasteiger partial charge in [0.25, 0.3) is 10.0 Å². The predicted molar refractivity (Wildman–Crippen MR) is 180 cm³/mol. The molecule has 4 rings (SSSR count). The van der Waals surface area contributed by atoms with Crippen LogP contribution in [0.3, 0.4) is 0 Å². The monoisotopic (exact) mass is 625 g/mol. The summed E-state index contributed by atoms with van der Waals surface area (Å²) in [7, 11) is -4.13. The second-order valence-corrected chi connectivity index (χ2v) is 13.3. The van der Waals surface area contributed by atoms with Crippen LogP contribution in [0.5, 0.6) is 0 Å². The summed E-state index contributed by atoms with van der Waals surface area (Å²) in [6.07, 6.45) is 2.01. The molecule has 7 nitrogen and oxygen atoms in total. The molecule has 1 N–H and O–H groups in total. The molecule has 4 aromatic carbocycles. The number of aryl methyl sites for hydroxylation is 3. The van der Waals surface area contributed by atoms with Gasteiger partial charge in [0, 0.05) is 19.5 Å². The predicted octanol–water partition coefficient (Wildman–Crippen LogP) is 6.36. The van der Waals surface area contributed by atoms with E-state index in [0.717, 1.165) is 45.0 Å². The standard InChI is InChI=1S/C37H43N3O4S/c1-5-6-24-38-37(42)35(25-31-13-8-7-9-14-31)39(26-32-15-11-10-12-30(32)4)36(41)27-40(33-20-16-28(2)17-21-33)45(43,44)34-22-18-29(3)19-23-34/h7-23,35H,5-6,24-27H2,1-4H3,(H,38,42)/t35-/m1/s1. The number of carbonyl (C=O) groups is 2. The van der Waals surface area contributed by atoms with Crippen LogP contribution in [0.1, 0.15) is 47.6 Å². The molecule has 0 radical (unpaired) electrons. The van der Waals surface area contributed by atoms with Crippen LogP contribution in [0.15, 0.2) is 108 Å². The van der Waals surface area contributed by atoms with Crippen LogP contribution < -0.4 is 9.62 Å². The molecule has 4 aromatic rings. The van der Waals surface area contributed by atoms with E-state index in [1.54, 1.807) is 41.3 Å². The first-order chi connectivity index (χ1) is 21.6. The minimum absolute atomic E-state index is 0.0880. The molecule has 0 spiro atoms. The molecule has 2 amide bonds. The number of anilines is 1. The molecule has 8 heteroatoms. The smallest absolute Gasteiger partial charge is 0.264 e. The Morgan fingerprint density at radius 1 is 0.778 bits per heavy atom. The van der Waals surface area contributed by atoms with Crippen molar-refractivity contribution in [3.63, 3.8) is 0 Å². The van der Waals surface area contributed by atoms with Gasteiger partial charge in [0.1, 0.15) is 12.6 Å². The van der Waals surface area contributed by atoms with Crippen molar-refractivity contribution in [2.75, 3.05) is 17.4 Å². The lowest BCUT2D eigenvalue weighted by molar-refractivity contribution is -0.140. The topological polar surface area (TPSA) is 86.8 Å². The molecule has 45 heavy (non-hydrogen) atoms. The number of carbonyl (C=O) groups excluding carboxylic acids is 2. The number of unbranched alkanes of at least 4 members (excludes halogenated alkanes) is 1. The minimum atomic E-state index is -4.13. The summed E-state index contributed by atoms with van der Waals surface area (Å²) in [4.78, 5) is 30.0. The molecule has 236 valence electrons. The van der Waals surface area contributed by atoms with Crippen LogP contribution in [-0.4, -0.2) is 44.3 Å². The van der Waals surface area contributed by atoms with E-state index in [1.165, 1.54) is 0 Å². The Hall–Kier alpha value is -4.43. The van der Waals surface area contributed by atoms with E-state index in [2.05, 4.69) is 12.2 Å². The SMILES string of the molecule is CCCCNC(=O)[C@@H](Cc1ccccc1)N(Cc1ccccc1C)C(=O)CN(c1ccc(C)cc1)S(=O)(=O)c1ccc(C)cc1. The second kappa shape index (κ2) is 15.5. The lowest BCUT2D eigenvalue weighted by atomic mass is 10.0. The van der Waals surface area contributed by atoms with E-state index in [1.807, 2.05) is 87.5 Å². The van der Waals surface area contributed by atoms with Gasteiger partial charge in [-0.2, -0.15) is 0 Å². The van der Waals surface area contributed by atoms with E-state index in [9.17, 15) is 18.0 Å². The Bertz CT molecular complexity index is 1670. The molecule has 0 heterocycles. The molecular weight excluding hydrogens is 582 g/mol. The summed E-state index contributed by atoms with van der Waals surface area (Å²) in [5, 5.41) is 3.03. The Balaban J connectivity index is 1.79. The summed E-state index contributed by atoms with van der Waals surface area (Å²) in [6, 6.07) is 30.1. The van der Waals surface area contributed by atoms with E-state index in [-0.39, 0.29) is 23.8 Å². The van der Waals surface area contributed by atoms with Crippen molar-refractivity contribution < 1.29 is 18.0 Å². The fourth-order valence-corrected chi connectivity index (χ4v) is 6.52. The maximum absolute atomic E-state index is 14.5. The first kappa shape index (κ1) is 33.5. The van der Waals surface area contributed by atoms with Crippen molar-refractivity contribution >= 4 is 27.5 Å². The normalized spacial score (nSPS) is 11.9. The van der Waals surface area contributed by atoms with Crippen LogP contribution in [0.2, 0.25) is 0 Å². The molecule has 0 aromatic heterocycles. The van der Waals surface area contributed by atoms with Gasteiger partial charge in [0.15, 0.2) is 0 Å². The second-order valence-electron chi connectivity index (χ2n) is 11.5. The number of hydrogen-bond acceptors (Lipinski definition) is 4. The van der Waals surface area contributed by atoms with Gasteiger partial charge in [-0.3, -0.25) is 13.9 Å². The molecule has 1 atom stereocenters. The van der Waals surface area contributed by atoms with Gasteiger partial charge in [0.2, 0.25) is 11.8 Å². The maximum Gasteiger partial charge on any atom is 0.264 e. The number of hydrogen-bond donors (Lipinski definition) is 1. The highest BCUT2D eigenvalue weighted by Crippen LogP contribution is 2.26. The fraction of sp³-hybridized carbons (Fsp3) is 0.297. The zero-order valence-corrected chi connectivity index (χ0v) is 27.4. The third kappa shape index (κ3) is 8.82. The van der Waals surface area contributed by atoms with Gasteiger partial charge in [0.05, 0.1) is 10.6 Å². The first-order valence-electron chi connectivity index (χ1n) is 15.4. The molecule has 0 saturated heterocycles. The number of sulfonamides is 1. The Labute approximate surface area is 268 Å². The highest BCUT2D eigenvalue weighted by molar-refractivity contribution is 7.92. The zero-order chi connectivity index (χ0) is 32.4. The summed E-state index contributed by atoms with van der Waals surface area (Å²) in [5.41, 5.74) is 5.02. The fourth-order valence-electron chi connectivity index (χ4n) is 5.11. The largest absolute Gasteiger partial charge is 0.354 e. The molecule has 0 saturated carbocycles. The van der Waals surface area contributed by atoms with Crippen LogP contribution in [0, 0.1) is 20.8 Å². The highest BCUT2D eigenvalue weighted by atomic mass is 32.2. The van der Waals surface area contributed by atoms with Crippen molar-refractivity contribution in [3.8, 4) is 0 Å². The highest BCUT2D eigenvalue weighted by Gasteiger charge is 2.34. The number of nitrogens with one attached hydrogen (secondary N) is 1. The molecule has 0 fully saturated rings. The van der Waals surface area contributed by atoms with Crippen molar-refractivity contribution in [1.29, 1.82) is 0 Å². The summed E-state index contributed by atoms with van der Waals surface area (Å²) < 4.78 is 29.4. The Morgan fingerprint density at radius 2 is 1.38 bits per heavy atom. The van der Waals surface area contributed by atoms with E-state index >= 15 is 0 Å². The van der Waals surface area contributed by atoms with Crippen LogP contribution >= 0.6 is 0 Å². The number of benzene rings is 4. The quantitative estimate of drug-likeness (QED) is 0.165. The van der Waals surface area contributed by atoms with Gasteiger partial charge in [-0.15, -0.1) is 0 Å². The van der Waals surface area contributed by atoms with Gasteiger partial charge in [-0.1, -0.05) is 103 Å². The Morgan fingerprint density at radius 3 is 2.00 bits per heavy atom. The zero-order valence-electron chi connectivity index (χ0n) is 26.6. The van der Waals surface area contributed by atoms with E-state index in [4.69, 9.17) is 0 Å². The van der Waals surface area contributed by atoms with Crippen molar-refractivity contribution in [2.45, 2.75) is 64.4 Å². The number of rotatable bonds is 14. The lowest BCUT2D eigenvalue weighted by Gasteiger charge is -2.34. The molecule has 0 aliphatic heterocycles. The molecule has 0 bridgehead atoms. The average Bonchev–Trinajstić information content (AvgIpc) is 3.03. The van der Waals surface area contributed by atoms with E-state index in [0.29, 0.717) is 12.2 Å². The molecule has 0 unspecified atom stereocenters. The summed E-state index contributed by atoms with van der Waals surface area (Å²) >= 11 is 0. The maximum atomic E-state index is 14.5. The third-order valence-electron chi connectivity index (χ3n) is 7.91.